The fraction of sp³-hybridized carbons (Fsp3) is 0.136. The standard InChI is InChI=1S/C22H18N2O5/c1-28-17-13-11-16(12-14-17)23-20(15-7-3-2-4-8-15)21(22(23)25)29-19-10-6-5-9-18(19)24(26)27/h2-14,20-21H,1H3/t20-,21+/m0/s1. The van der Waals surface area contributed by atoms with Gasteiger partial charge < -0.3 is 9.47 Å². The van der Waals surface area contributed by atoms with Gasteiger partial charge in [-0.2, -0.15) is 0 Å². The van der Waals surface area contributed by atoms with Crippen LogP contribution in [0.2, 0.25) is 0 Å². The Labute approximate surface area is 167 Å². The minimum atomic E-state index is -0.861. The van der Waals surface area contributed by atoms with Crippen molar-refractivity contribution in [1.82, 2.24) is 0 Å². The van der Waals surface area contributed by atoms with Crippen LogP contribution in [0.4, 0.5) is 11.4 Å². The van der Waals surface area contributed by atoms with Crippen molar-refractivity contribution in [2.45, 2.75) is 12.1 Å². The summed E-state index contributed by atoms with van der Waals surface area (Å²) in [7, 11) is 1.58. The molecular formula is C22H18N2O5. The Balaban J connectivity index is 1.69. The highest BCUT2D eigenvalue weighted by atomic mass is 16.6. The molecule has 0 aliphatic carbocycles. The number of ether oxygens (including phenoxy) is 2. The molecule has 7 heteroatoms. The van der Waals surface area contributed by atoms with E-state index in [0.29, 0.717) is 11.4 Å². The topological polar surface area (TPSA) is 81.9 Å². The molecule has 0 radical (unpaired) electrons. The van der Waals surface area contributed by atoms with Gasteiger partial charge in [0.05, 0.1) is 12.0 Å². The lowest BCUT2D eigenvalue weighted by Gasteiger charge is -2.46. The van der Waals surface area contributed by atoms with Crippen LogP contribution in [0.25, 0.3) is 0 Å². The molecule has 1 aliphatic rings. The van der Waals surface area contributed by atoms with Crippen LogP contribution in [0, 0.1) is 10.1 Å². The largest absolute Gasteiger partial charge is 0.497 e. The van der Waals surface area contributed by atoms with Crippen molar-refractivity contribution in [2.75, 3.05) is 12.0 Å². The molecule has 1 fully saturated rings. The molecule has 0 saturated carbocycles. The van der Waals surface area contributed by atoms with Gasteiger partial charge in [-0.3, -0.25) is 19.8 Å². The number of methoxy groups -OCH3 is 1. The minimum absolute atomic E-state index is 0.0752. The number of β-lactam (4-membered cyclic amide) rings is 1. The Morgan fingerprint density at radius 1 is 0.931 bits per heavy atom. The molecule has 29 heavy (non-hydrogen) atoms. The second-order valence-electron chi connectivity index (χ2n) is 6.53. The molecule has 3 aromatic rings. The summed E-state index contributed by atoms with van der Waals surface area (Å²) >= 11 is 0. The summed E-state index contributed by atoms with van der Waals surface area (Å²) in [6.45, 7) is 0. The molecule has 146 valence electrons. The van der Waals surface area contributed by atoms with Crippen LogP contribution in [0.1, 0.15) is 11.6 Å². The highest BCUT2D eigenvalue weighted by Crippen LogP contribution is 2.42. The van der Waals surface area contributed by atoms with Gasteiger partial charge in [-0.1, -0.05) is 42.5 Å². The lowest BCUT2D eigenvalue weighted by atomic mass is 9.89. The molecular weight excluding hydrogens is 372 g/mol. The van der Waals surface area contributed by atoms with Gasteiger partial charge in [0.2, 0.25) is 6.10 Å². The van der Waals surface area contributed by atoms with Gasteiger partial charge in [-0.15, -0.1) is 0 Å². The lowest BCUT2D eigenvalue weighted by Crippen LogP contribution is -2.61. The predicted molar refractivity (Wildman–Crippen MR) is 107 cm³/mol. The second kappa shape index (κ2) is 7.63. The van der Waals surface area contributed by atoms with Crippen LogP contribution in [-0.2, 0) is 4.79 Å². The Hall–Kier alpha value is -3.87. The third kappa shape index (κ3) is 3.38. The fourth-order valence-corrected chi connectivity index (χ4v) is 3.43. The van der Waals surface area contributed by atoms with Crippen molar-refractivity contribution in [3.8, 4) is 11.5 Å². The first-order valence-electron chi connectivity index (χ1n) is 9.02. The van der Waals surface area contributed by atoms with E-state index >= 15 is 0 Å². The molecule has 0 aromatic heterocycles. The van der Waals surface area contributed by atoms with Gasteiger partial charge in [0.1, 0.15) is 11.8 Å². The Kier molecular flexibility index (Phi) is 4.87. The number of amides is 1. The first kappa shape index (κ1) is 18.5. The van der Waals surface area contributed by atoms with Crippen LogP contribution in [0.3, 0.4) is 0 Å². The summed E-state index contributed by atoms with van der Waals surface area (Å²) in [4.78, 5) is 25.4. The van der Waals surface area contributed by atoms with Crippen molar-refractivity contribution in [1.29, 1.82) is 0 Å². The summed E-state index contributed by atoms with van der Waals surface area (Å²) in [6, 6.07) is 22.3. The van der Waals surface area contributed by atoms with E-state index in [4.69, 9.17) is 9.47 Å². The molecule has 1 heterocycles. The maximum Gasteiger partial charge on any atom is 0.310 e. The number of anilines is 1. The Morgan fingerprint density at radius 3 is 2.24 bits per heavy atom. The lowest BCUT2D eigenvalue weighted by molar-refractivity contribution is -0.386. The average molecular weight is 390 g/mol. The number of nitro groups is 1. The molecule has 3 aromatic carbocycles. The number of carbonyl (C=O) groups is 1. The molecule has 0 bridgehead atoms. The van der Waals surface area contributed by atoms with E-state index in [-0.39, 0.29) is 17.3 Å². The van der Waals surface area contributed by atoms with Gasteiger partial charge in [-0.25, -0.2) is 0 Å². The molecule has 4 rings (SSSR count). The SMILES string of the molecule is COc1ccc(N2C(=O)[C@H](Oc3ccccc3[N+](=O)[O-])[C@@H]2c2ccccc2)cc1. The van der Waals surface area contributed by atoms with Crippen molar-refractivity contribution in [2.24, 2.45) is 0 Å². The third-order valence-electron chi connectivity index (χ3n) is 4.85. The van der Waals surface area contributed by atoms with E-state index in [1.165, 1.54) is 12.1 Å². The van der Waals surface area contributed by atoms with Crippen LogP contribution in [-0.4, -0.2) is 24.0 Å². The van der Waals surface area contributed by atoms with Crippen molar-refractivity contribution >= 4 is 17.3 Å². The van der Waals surface area contributed by atoms with Crippen LogP contribution < -0.4 is 14.4 Å². The number of carbonyl (C=O) groups excluding carboxylic acids is 1. The van der Waals surface area contributed by atoms with Crippen LogP contribution in [0.15, 0.2) is 78.9 Å². The van der Waals surface area contributed by atoms with Crippen LogP contribution >= 0.6 is 0 Å². The zero-order chi connectivity index (χ0) is 20.4. The third-order valence-corrected chi connectivity index (χ3v) is 4.85. The normalized spacial score (nSPS) is 18.1. The van der Waals surface area contributed by atoms with E-state index in [9.17, 15) is 14.9 Å². The monoisotopic (exact) mass is 390 g/mol. The maximum atomic E-state index is 13.0. The Bertz CT molecular complexity index is 1040. The summed E-state index contributed by atoms with van der Waals surface area (Å²) in [6.07, 6.45) is -0.861. The summed E-state index contributed by atoms with van der Waals surface area (Å²) in [5.74, 6) is 0.499. The predicted octanol–water partition coefficient (Wildman–Crippen LogP) is 4.14. The van der Waals surface area contributed by atoms with Crippen LogP contribution in [0.5, 0.6) is 11.5 Å². The molecule has 1 amide bonds. The number of hydrogen-bond donors (Lipinski definition) is 0. The molecule has 0 unspecified atom stereocenters. The van der Waals surface area contributed by atoms with Gasteiger partial charge >= 0.3 is 5.69 Å². The van der Waals surface area contributed by atoms with E-state index in [0.717, 1.165) is 5.56 Å². The number of nitrogens with zero attached hydrogens (tertiary/aromatic N) is 2. The summed E-state index contributed by atoms with van der Waals surface area (Å²) < 4.78 is 11.0. The highest BCUT2D eigenvalue weighted by molar-refractivity contribution is 6.05. The van der Waals surface area contributed by atoms with Crippen molar-refractivity contribution in [3.63, 3.8) is 0 Å². The fourth-order valence-electron chi connectivity index (χ4n) is 3.43. The molecule has 7 nitrogen and oxygen atoms in total. The molecule has 0 spiro atoms. The van der Waals surface area contributed by atoms with E-state index in [2.05, 4.69) is 0 Å². The number of nitro benzene ring substituents is 1. The Morgan fingerprint density at radius 2 is 1.59 bits per heavy atom. The zero-order valence-corrected chi connectivity index (χ0v) is 15.6. The van der Waals surface area contributed by atoms with Gasteiger partial charge in [-0.05, 0) is 35.9 Å². The first-order chi connectivity index (χ1) is 14.1. The number of rotatable bonds is 6. The van der Waals surface area contributed by atoms with Gasteiger partial charge in [0.15, 0.2) is 5.75 Å². The van der Waals surface area contributed by atoms with E-state index < -0.39 is 17.1 Å². The number of para-hydroxylation sites is 2. The van der Waals surface area contributed by atoms with E-state index in [1.807, 2.05) is 30.3 Å². The highest BCUT2D eigenvalue weighted by Gasteiger charge is 2.51. The van der Waals surface area contributed by atoms with Gasteiger partial charge in [0, 0.05) is 11.8 Å². The summed E-state index contributed by atoms with van der Waals surface area (Å²) in [5.41, 5.74) is 1.41. The quantitative estimate of drug-likeness (QED) is 0.359. The van der Waals surface area contributed by atoms with E-state index in [1.54, 1.807) is 48.4 Å². The van der Waals surface area contributed by atoms with Crippen molar-refractivity contribution < 1.29 is 19.2 Å². The maximum absolute atomic E-state index is 13.0. The second-order valence-corrected chi connectivity index (χ2v) is 6.53. The van der Waals surface area contributed by atoms with Gasteiger partial charge in [0.25, 0.3) is 5.91 Å². The summed E-state index contributed by atoms with van der Waals surface area (Å²) in [5, 5.41) is 11.3. The molecule has 0 N–H and O–H groups in total. The average Bonchev–Trinajstić information content (AvgIpc) is 2.76. The molecule has 1 aliphatic heterocycles. The minimum Gasteiger partial charge on any atom is -0.497 e. The zero-order valence-electron chi connectivity index (χ0n) is 15.6. The number of hydrogen-bond acceptors (Lipinski definition) is 5. The smallest absolute Gasteiger partial charge is 0.310 e. The molecule has 2 atom stereocenters. The molecule has 1 saturated heterocycles. The number of benzene rings is 3. The van der Waals surface area contributed by atoms with Crippen molar-refractivity contribution in [3.05, 3.63) is 94.5 Å². The first-order valence-corrected chi connectivity index (χ1v) is 9.02.